The van der Waals surface area contributed by atoms with Gasteiger partial charge in [-0.2, -0.15) is 0 Å². The molecule has 0 N–H and O–H groups in total. The number of carbonyl (C=O) groups is 3. The van der Waals surface area contributed by atoms with E-state index >= 15 is 0 Å². The number of hydrogen-bond donors (Lipinski definition) is 0. The molecule has 0 aliphatic heterocycles. The fourth-order valence-corrected chi connectivity index (χ4v) is 7.49. The lowest BCUT2D eigenvalue weighted by molar-refractivity contribution is -0.167. The van der Waals surface area contributed by atoms with Crippen LogP contribution in [0.25, 0.3) is 0 Å². The van der Waals surface area contributed by atoms with Crippen molar-refractivity contribution in [3.8, 4) is 0 Å². The molecule has 6 nitrogen and oxygen atoms in total. The van der Waals surface area contributed by atoms with E-state index in [0.717, 1.165) is 128 Å². The summed E-state index contributed by atoms with van der Waals surface area (Å²) in [5, 5.41) is 0. The van der Waals surface area contributed by atoms with Gasteiger partial charge < -0.3 is 14.2 Å². The Kier molecular flexibility index (Phi) is 51.9. The lowest BCUT2D eigenvalue weighted by atomic mass is 10.1. The smallest absolute Gasteiger partial charge is 0.306 e. The number of carbonyl (C=O) groups excluding carboxylic acids is 3. The van der Waals surface area contributed by atoms with Gasteiger partial charge in [0.2, 0.25) is 0 Å². The molecular weight excluding hydrogens is 829 g/mol. The van der Waals surface area contributed by atoms with Crippen molar-refractivity contribution in [1.29, 1.82) is 0 Å². The van der Waals surface area contributed by atoms with Crippen LogP contribution in [0.4, 0.5) is 0 Å². The maximum Gasteiger partial charge on any atom is 0.306 e. The molecule has 1 atom stereocenters. The number of ether oxygens (including phenoxy) is 3. The zero-order valence-corrected chi connectivity index (χ0v) is 43.6. The number of esters is 3. The standard InChI is InChI=1S/C61H102O6/c1-4-7-10-13-16-19-22-25-27-29-31-33-36-39-42-45-48-51-54-60(63)66-57-58(56-65-59(62)53-50-47-44-41-38-35-24-21-18-15-12-9-6-3)67-61(64)55-52-49-46-43-40-37-34-32-30-28-26-23-20-17-14-11-8-5-2/h9,12,15,18,21-22,24-25,27-34,58H,4-8,10-11,13-14,16-17,19-20,23,26,35-57H2,1-3H3/b12-9-,18-15-,24-21-,25-22-,29-27-,30-28-,33-31-,34-32-. The minimum absolute atomic E-state index is 0.102. The summed E-state index contributed by atoms with van der Waals surface area (Å²) in [7, 11) is 0. The van der Waals surface area contributed by atoms with Gasteiger partial charge in [0.25, 0.3) is 0 Å². The van der Waals surface area contributed by atoms with Crippen LogP contribution in [0.5, 0.6) is 0 Å². The first-order chi connectivity index (χ1) is 33.0. The second-order valence-electron chi connectivity index (χ2n) is 18.3. The molecule has 0 bridgehead atoms. The quantitative estimate of drug-likeness (QED) is 0.0262. The van der Waals surface area contributed by atoms with Crippen molar-refractivity contribution >= 4 is 17.9 Å². The largest absolute Gasteiger partial charge is 0.462 e. The Morgan fingerprint density at radius 1 is 0.313 bits per heavy atom. The fourth-order valence-electron chi connectivity index (χ4n) is 7.49. The lowest BCUT2D eigenvalue weighted by Crippen LogP contribution is -2.30. The van der Waals surface area contributed by atoms with E-state index in [9.17, 15) is 14.4 Å². The van der Waals surface area contributed by atoms with Crippen molar-refractivity contribution in [2.24, 2.45) is 0 Å². The van der Waals surface area contributed by atoms with Gasteiger partial charge in [0.1, 0.15) is 13.2 Å². The van der Waals surface area contributed by atoms with Gasteiger partial charge in [-0.3, -0.25) is 14.4 Å². The molecule has 0 saturated carbocycles. The van der Waals surface area contributed by atoms with E-state index in [-0.39, 0.29) is 31.1 Å². The molecule has 0 aromatic rings. The molecule has 67 heavy (non-hydrogen) atoms. The third-order valence-electron chi connectivity index (χ3n) is 11.7. The Balaban J connectivity index is 4.48. The maximum atomic E-state index is 12.8. The molecule has 0 spiro atoms. The highest BCUT2D eigenvalue weighted by molar-refractivity contribution is 5.71. The average Bonchev–Trinajstić information content (AvgIpc) is 3.33. The highest BCUT2D eigenvalue weighted by Gasteiger charge is 2.19. The van der Waals surface area contributed by atoms with Crippen LogP contribution in [0, 0.1) is 0 Å². The van der Waals surface area contributed by atoms with Crippen LogP contribution in [0.1, 0.15) is 252 Å². The highest BCUT2D eigenvalue weighted by atomic mass is 16.6. The second-order valence-corrected chi connectivity index (χ2v) is 18.3. The van der Waals surface area contributed by atoms with Gasteiger partial charge in [-0.05, 0) is 89.9 Å². The molecular formula is C61H102O6. The van der Waals surface area contributed by atoms with Gasteiger partial charge in [-0.1, -0.05) is 240 Å². The average molecular weight is 931 g/mol. The summed E-state index contributed by atoms with van der Waals surface area (Å²) in [4.78, 5) is 38.1. The minimum atomic E-state index is -0.804. The van der Waals surface area contributed by atoms with Crippen LogP contribution in [0.15, 0.2) is 97.2 Å². The van der Waals surface area contributed by atoms with Crippen LogP contribution in [-0.2, 0) is 28.6 Å². The molecule has 0 rings (SSSR count). The van der Waals surface area contributed by atoms with Gasteiger partial charge in [0.05, 0.1) is 0 Å². The SMILES string of the molecule is CC\C=C/C=C\C=C/CCCCCCCC(=O)OCC(COC(=O)CCCCCCC\C=C/C=C\C=C/CCCCCCC)OC(=O)CCCCCCC/C=C\C=C/CCCCCCCCC. The van der Waals surface area contributed by atoms with E-state index in [1.54, 1.807) is 0 Å². The van der Waals surface area contributed by atoms with E-state index in [2.05, 4.69) is 118 Å². The number of hydrogen-bond acceptors (Lipinski definition) is 6. The van der Waals surface area contributed by atoms with E-state index in [1.807, 2.05) is 0 Å². The molecule has 0 aliphatic rings. The molecule has 1 unspecified atom stereocenters. The second kappa shape index (κ2) is 54.9. The Hall–Kier alpha value is -3.67. The van der Waals surface area contributed by atoms with Crippen molar-refractivity contribution in [1.82, 2.24) is 0 Å². The summed E-state index contributed by atoms with van der Waals surface area (Å²) >= 11 is 0. The van der Waals surface area contributed by atoms with Crippen molar-refractivity contribution in [2.45, 2.75) is 258 Å². The Labute approximate surface area is 413 Å². The number of unbranched alkanes of at least 4 members (excludes halogenated alkanes) is 27. The van der Waals surface area contributed by atoms with Gasteiger partial charge in [0, 0.05) is 19.3 Å². The molecule has 6 heteroatoms. The molecule has 0 aromatic heterocycles. The molecule has 0 heterocycles. The van der Waals surface area contributed by atoms with Gasteiger partial charge in [-0.15, -0.1) is 0 Å². The van der Waals surface area contributed by atoms with Crippen LogP contribution >= 0.6 is 0 Å². The monoisotopic (exact) mass is 931 g/mol. The molecule has 382 valence electrons. The summed E-state index contributed by atoms with van der Waals surface area (Å²) < 4.78 is 16.8. The van der Waals surface area contributed by atoms with E-state index < -0.39 is 6.10 Å². The first kappa shape index (κ1) is 63.3. The summed E-state index contributed by atoms with van der Waals surface area (Å²) in [6.07, 6.45) is 72.5. The normalized spacial score (nSPS) is 12.8. The Morgan fingerprint density at radius 2 is 0.582 bits per heavy atom. The van der Waals surface area contributed by atoms with Crippen molar-refractivity contribution in [3.63, 3.8) is 0 Å². The third-order valence-corrected chi connectivity index (χ3v) is 11.7. The summed E-state index contributed by atoms with van der Waals surface area (Å²) in [6.45, 7) is 6.44. The third kappa shape index (κ3) is 53.2. The van der Waals surface area contributed by atoms with Gasteiger partial charge in [-0.25, -0.2) is 0 Å². The number of rotatable bonds is 49. The Morgan fingerprint density at radius 3 is 0.910 bits per heavy atom. The highest BCUT2D eigenvalue weighted by Crippen LogP contribution is 2.14. The van der Waals surface area contributed by atoms with E-state index in [0.29, 0.717) is 19.3 Å². The fraction of sp³-hybridized carbons (Fsp3) is 0.689. The molecule has 0 fully saturated rings. The van der Waals surface area contributed by atoms with Crippen molar-refractivity contribution in [2.75, 3.05) is 13.2 Å². The predicted octanol–water partition coefficient (Wildman–Crippen LogP) is 18.5. The summed E-state index contributed by atoms with van der Waals surface area (Å²) in [6, 6.07) is 0. The van der Waals surface area contributed by atoms with E-state index in [1.165, 1.54) is 83.5 Å². The first-order valence-electron chi connectivity index (χ1n) is 27.8. The van der Waals surface area contributed by atoms with Gasteiger partial charge in [0.15, 0.2) is 6.10 Å². The van der Waals surface area contributed by atoms with Crippen molar-refractivity contribution in [3.05, 3.63) is 97.2 Å². The van der Waals surface area contributed by atoms with Crippen LogP contribution < -0.4 is 0 Å². The van der Waals surface area contributed by atoms with Crippen LogP contribution in [0.3, 0.4) is 0 Å². The minimum Gasteiger partial charge on any atom is -0.462 e. The molecule has 0 radical (unpaired) electrons. The van der Waals surface area contributed by atoms with Crippen molar-refractivity contribution < 1.29 is 28.6 Å². The molecule has 0 aliphatic carbocycles. The number of allylic oxidation sites excluding steroid dienone is 16. The summed E-state index contributed by atoms with van der Waals surface area (Å²) in [5.41, 5.74) is 0. The Bertz CT molecular complexity index is 1350. The van der Waals surface area contributed by atoms with E-state index in [4.69, 9.17) is 14.2 Å². The molecule has 0 aromatic carbocycles. The van der Waals surface area contributed by atoms with Crippen LogP contribution in [-0.4, -0.2) is 37.2 Å². The topological polar surface area (TPSA) is 78.9 Å². The zero-order chi connectivity index (χ0) is 48.6. The first-order valence-corrected chi connectivity index (χ1v) is 27.8. The maximum absolute atomic E-state index is 12.8. The molecule has 0 amide bonds. The predicted molar refractivity (Wildman–Crippen MR) is 288 cm³/mol. The van der Waals surface area contributed by atoms with Crippen LogP contribution in [0.2, 0.25) is 0 Å². The zero-order valence-electron chi connectivity index (χ0n) is 43.6. The molecule has 0 saturated heterocycles. The summed E-state index contributed by atoms with van der Waals surface area (Å²) in [5.74, 6) is -0.955. The lowest BCUT2D eigenvalue weighted by Gasteiger charge is -2.18. The van der Waals surface area contributed by atoms with Gasteiger partial charge >= 0.3 is 17.9 Å².